The number of ether oxygens (including phenoxy) is 2. The van der Waals surface area contributed by atoms with E-state index in [4.69, 9.17) is 9.47 Å². The van der Waals surface area contributed by atoms with Crippen molar-refractivity contribution in [3.05, 3.63) is 18.7 Å². The van der Waals surface area contributed by atoms with E-state index in [0.717, 1.165) is 25.6 Å². The van der Waals surface area contributed by atoms with Gasteiger partial charge in [-0.05, 0) is 31.6 Å². The molecular formula is C14H25N3O2. The van der Waals surface area contributed by atoms with Crippen molar-refractivity contribution in [3.8, 4) is 0 Å². The zero-order valence-electron chi connectivity index (χ0n) is 12.0. The second kappa shape index (κ2) is 7.62. The Hall–Kier alpha value is -0.910. The number of hydrogen-bond donors (Lipinski definition) is 0. The Balaban J connectivity index is 1.76. The third-order valence-electron chi connectivity index (χ3n) is 3.94. The van der Waals surface area contributed by atoms with Crippen LogP contribution in [-0.2, 0) is 16.0 Å². The number of aryl methyl sites for hydroxylation is 1. The fourth-order valence-corrected chi connectivity index (χ4v) is 2.83. The van der Waals surface area contributed by atoms with E-state index in [1.807, 2.05) is 18.7 Å². The van der Waals surface area contributed by atoms with Crippen molar-refractivity contribution >= 4 is 0 Å². The third kappa shape index (κ3) is 4.30. The van der Waals surface area contributed by atoms with E-state index in [1.165, 1.54) is 25.7 Å². The summed E-state index contributed by atoms with van der Waals surface area (Å²) in [6.07, 6.45) is 10.6. The maximum absolute atomic E-state index is 5.34. The lowest BCUT2D eigenvalue weighted by atomic mass is 9.97. The number of methoxy groups -OCH3 is 2. The van der Waals surface area contributed by atoms with Gasteiger partial charge in [-0.3, -0.25) is 4.90 Å². The largest absolute Gasteiger partial charge is 0.343 e. The summed E-state index contributed by atoms with van der Waals surface area (Å²) in [6, 6.07) is 0. The van der Waals surface area contributed by atoms with Crippen LogP contribution in [0.4, 0.5) is 0 Å². The van der Waals surface area contributed by atoms with Gasteiger partial charge in [-0.15, -0.1) is 0 Å². The number of rotatable bonds is 6. The van der Waals surface area contributed by atoms with Crippen LogP contribution in [0.15, 0.2) is 18.7 Å². The average Bonchev–Trinajstić information content (AvgIpc) is 2.84. The highest BCUT2D eigenvalue weighted by Gasteiger charge is 2.22. The van der Waals surface area contributed by atoms with Crippen LogP contribution in [0.5, 0.6) is 0 Å². The summed E-state index contributed by atoms with van der Waals surface area (Å²) < 4.78 is 12.8. The van der Waals surface area contributed by atoms with Crippen LogP contribution >= 0.6 is 0 Å². The fraction of sp³-hybridized carbons (Fsp3) is 0.786. The highest BCUT2D eigenvalue weighted by molar-refractivity contribution is 4.76. The van der Waals surface area contributed by atoms with Gasteiger partial charge in [-0.1, -0.05) is 0 Å². The molecule has 19 heavy (non-hydrogen) atoms. The van der Waals surface area contributed by atoms with Gasteiger partial charge in [0.15, 0.2) is 0 Å². The van der Waals surface area contributed by atoms with Crippen LogP contribution in [0.25, 0.3) is 0 Å². The SMILES string of the molecule is COC(OC)N1CCCC(CCn2ccnc2)CC1. The van der Waals surface area contributed by atoms with Crippen molar-refractivity contribution in [2.45, 2.75) is 38.6 Å². The van der Waals surface area contributed by atoms with Gasteiger partial charge < -0.3 is 14.0 Å². The predicted octanol–water partition coefficient (Wildman–Crippen LogP) is 1.95. The van der Waals surface area contributed by atoms with Gasteiger partial charge >= 0.3 is 0 Å². The van der Waals surface area contributed by atoms with Gasteiger partial charge in [-0.25, -0.2) is 4.98 Å². The molecule has 2 heterocycles. The monoisotopic (exact) mass is 267 g/mol. The van der Waals surface area contributed by atoms with E-state index in [9.17, 15) is 0 Å². The molecule has 1 aliphatic heterocycles. The maximum Gasteiger partial charge on any atom is 0.218 e. The quantitative estimate of drug-likeness (QED) is 0.739. The van der Waals surface area contributed by atoms with Crippen LogP contribution in [0.1, 0.15) is 25.7 Å². The fourth-order valence-electron chi connectivity index (χ4n) is 2.83. The molecule has 1 aromatic heterocycles. The Morgan fingerprint density at radius 1 is 1.26 bits per heavy atom. The molecule has 0 aliphatic carbocycles. The van der Waals surface area contributed by atoms with Crippen molar-refractivity contribution in [1.82, 2.24) is 14.5 Å². The topological polar surface area (TPSA) is 39.5 Å². The molecule has 5 heteroatoms. The lowest BCUT2D eigenvalue weighted by molar-refractivity contribution is -0.195. The molecule has 0 spiro atoms. The molecule has 0 aromatic carbocycles. The Bertz CT molecular complexity index is 338. The summed E-state index contributed by atoms with van der Waals surface area (Å²) in [4.78, 5) is 6.37. The van der Waals surface area contributed by atoms with Crippen LogP contribution in [0.2, 0.25) is 0 Å². The summed E-state index contributed by atoms with van der Waals surface area (Å²) >= 11 is 0. The Morgan fingerprint density at radius 2 is 2.11 bits per heavy atom. The van der Waals surface area contributed by atoms with Crippen LogP contribution in [0.3, 0.4) is 0 Å². The first-order chi connectivity index (χ1) is 9.33. The number of imidazole rings is 1. The van der Waals surface area contributed by atoms with Crippen molar-refractivity contribution < 1.29 is 9.47 Å². The first kappa shape index (κ1) is 14.5. The molecule has 0 radical (unpaired) electrons. The summed E-state index contributed by atoms with van der Waals surface area (Å²) in [6.45, 7) is 3.19. The first-order valence-electron chi connectivity index (χ1n) is 7.09. The summed E-state index contributed by atoms with van der Waals surface area (Å²) in [5, 5.41) is 0. The molecule has 1 saturated heterocycles. The molecule has 0 amide bonds. The highest BCUT2D eigenvalue weighted by Crippen LogP contribution is 2.22. The zero-order valence-corrected chi connectivity index (χ0v) is 12.0. The second-order valence-corrected chi connectivity index (χ2v) is 5.20. The van der Waals surface area contributed by atoms with E-state index in [2.05, 4.69) is 14.5 Å². The minimum Gasteiger partial charge on any atom is -0.343 e. The molecule has 1 aliphatic rings. The van der Waals surface area contributed by atoms with Crippen molar-refractivity contribution in [3.63, 3.8) is 0 Å². The van der Waals surface area contributed by atoms with Gasteiger partial charge in [-0.2, -0.15) is 0 Å². The number of nitrogens with zero attached hydrogens (tertiary/aromatic N) is 3. The Morgan fingerprint density at radius 3 is 2.79 bits per heavy atom. The normalized spacial score (nSPS) is 21.7. The summed E-state index contributed by atoms with van der Waals surface area (Å²) in [5.41, 5.74) is 0. The smallest absolute Gasteiger partial charge is 0.218 e. The molecule has 0 N–H and O–H groups in total. The lowest BCUT2D eigenvalue weighted by Gasteiger charge is -2.27. The summed E-state index contributed by atoms with van der Waals surface area (Å²) in [7, 11) is 3.41. The molecular weight excluding hydrogens is 242 g/mol. The molecule has 0 bridgehead atoms. The van der Waals surface area contributed by atoms with Crippen molar-refractivity contribution in [1.29, 1.82) is 0 Å². The van der Waals surface area contributed by atoms with Gasteiger partial charge in [0, 0.05) is 46.2 Å². The van der Waals surface area contributed by atoms with Crippen LogP contribution < -0.4 is 0 Å². The number of likely N-dealkylation sites (tertiary alicyclic amines) is 1. The van der Waals surface area contributed by atoms with Crippen LogP contribution in [-0.4, -0.2) is 48.2 Å². The highest BCUT2D eigenvalue weighted by atomic mass is 16.7. The molecule has 5 nitrogen and oxygen atoms in total. The van der Waals surface area contributed by atoms with Gasteiger partial charge in [0.25, 0.3) is 0 Å². The molecule has 1 fully saturated rings. The minimum absolute atomic E-state index is 0.188. The van der Waals surface area contributed by atoms with Gasteiger partial charge in [0.05, 0.1) is 6.33 Å². The zero-order chi connectivity index (χ0) is 13.5. The molecule has 1 aromatic rings. The van der Waals surface area contributed by atoms with Crippen molar-refractivity contribution in [2.24, 2.45) is 5.92 Å². The number of hydrogen-bond acceptors (Lipinski definition) is 4. The van der Waals surface area contributed by atoms with E-state index in [0.29, 0.717) is 0 Å². The van der Waals surface area contributed by atoms with Crippen LogP contribution in [0, 0.1) is 5.92 Å². The first-order valence-corrected chi connectivity index (χ1v) is 7.09. The lowest BCUT2D eigenvalue weighted by Crippen LogP contribution is -2.38. The van der Waals surface area contributed by atoms with Gasteiger partial charge in [0.1, 0.15) is 0 Å². The minimum atomic E-state index is -0.188. The summed E-state index contributed by atoms with van der Waals surface area (Å²) in [5.74, 6) is 0.793. The average molecular weight is 267 g/mol. The maximum atomic E-state index is 5.34. The molecule has 108 valence electrons. The second-order valence-electron chi connectivity index (χ2n) is 5.20. The van der Waals surface area contributed by atoms with E-state index in [1.54, 1.807) is 14.2 Å². The van der Waals surface area contributed by atoms with E-state index in [-0.39, 0.29) is 6.41 Å². The van der Waals surface area contributed by atoms with E-state index >= 15 is 0 Å². The van der Waals surface area contributed by atoms with E-state index < -0.39 is 0 Å². The molecule has 1 atom stereocenters. The Labute approximate surface area is 115 Å². The van der Waals surface area contributed by atoms with Gasteiger partial charge in [0.2, 0.25) is 6.41 Å². The number of aromatic nitrogens is 2. The Kier molecular flexibility index (Phi) is 5.82. The predicted molar refractivity (Wildman–Crippen MR) is 73.6 cm³/mol. The molecule has 0 saturated carbocycles. The van der Waals surface area contributed by atoms with Crippen molar-refractivity contribution in [2.75, 3.05) is 27.3 Å². The standard InChI is InChI=1S/C14H25N3O2/c1-18-14(19-2)17-8-3-4-13(6-10-17)5-9-16-11-7-15-12-16/h7,11-14H,3-6,8-10H2,1-2H3. The molecule has 1 unspecified atom stereocenters. The molecule has 2 rings (SSSR count). The third-order valence-corrected chi connectivity index (χ3v) is 3.94.